The van der Waals surface area contributed by atoms with E-state index in [1.807, 2.05) is 47.0 Å². The van der Waals surface area contributed by atoms with Crippen LogP contribution in [0.15, 0.2) is 48.5 Å². The molecule has 2 aromatic carbocycles. The summed E-state index contributed by atoms with van der Waals surface area (Å²) in [4.78, 5) is 19.1. The summed E-state index contributed by atoms with van der Waals surface area (Å²) in [7, 11) is 0. The minimum atomic E-state index is -0.00970. The molecule has 0 aliphatic carbocycles. The quantitative estimate of drug-likeness (QED) is 0.674. The van der Waals surface area contributed by atoms with E-state index in [-0.39, 0.29) is 11.8 Å². The maximum Gasteiger partial charge on any atom is 0.227 e. The maximum absolute atomic E-state index is 12.6. The van der Waals surface area contributed by atoms with Gasteiger partial charge >= 0.3 is 0 Å². The van der Waals surface area contributed by atoms with Gasteiger partial charge in [0.15, 0.2) is 0 Å². The van der Waals surface area contributed by atoms with Gasteiger partial charge < -0.3 is 9.47 Å². The molecule has 1 aliphatic heterocycles. The zero-order valence-electron chi connectivity index (χ0n) is 13.5. The van der Waals surface area contributed by atoms with E-state index in [0.717, 1.165) is 22.5 Å². The second-order valence-corrected chi connectivity index (χ2v) is 6.51. The number of hydrogen-bond donors (Lipinski definition) is 0. The highest BCUT2D eigenvalue weighted by molar-refractivity contribution is 6.33. The fourth-order valence-electron chi connectivity index (χ4n) is 3.45. The largest absolute Gasteiger partial charge is 0.316 e. The molecule has 0 spiro atoms. The first-order valence-electron chi connectivity index (χ1n) is 8.12. The number of fused-ring (bicyclic) bond motifs is 1. The number of terminal acetylenes is 1. The summed E-state index contributed by atoms with van der Waals surface area (Å²) in [6, 6.07) is 15.3. The fraction of sp³-hybridized carbons (Fsp3) is 0.200. The molecule has 25 heavy (non-hydrogen) atoms. The monoisotopic (exact) mass is 349 g/mol. The van der Waals surface area contributed by atoms with E-state index >= 15 is 0 Å². The van der Waals surface area contributed by atoms with Crippen LogP contribution in [0.3, 0.4) is 0 Å². The van der Waals surface area contributed by atoms with Crippen molar-refractivity contribution in [3.8, 4) is 12.3 Å². The summed E-state index contributed by atoms with van der Waals surface area (Å²) in [6.45, 7) is 0.989. The third-order valence-corrected chi connectivity index (χ3v) is 4.89. The predicted molar refractivity (Wildman–Crippen MR) is 99.7 cm³/mol. The van der Waals surface area contributed by atoms with Crippen molar-refractivity contribution in [1.82, 2.24) is 9.55 Å². The Labute approximate surface area is 151 Å². The first-order chi connectivity index (χ1) is 12.2. The van der Waals surface area contributed by atoms with Crippen LogP contribution in [0.5, 0.6) is 0 Å². The number of anilines is 1. The molecular formula is C20H16ClN3O. The number of imidazole rings is 1. The van der Waals surface area contributed by atoms with Crippen LogP contribution in [-0.2, 0) is 11.3 Å². The lowest BCUT2D eigenvalue weighted by Crippen LogP contribution is -2.24. The second kappa shape index (κ2) is 6.27. The van der Waals surface area contributed by atoms with Crippen LogP contribution in [-0.4, -0.2) is 22.0 Å². The Balaban J connectivity index is 1.73. The van der Waals surface area contributed by atoms with Crippen LogP contribution < -0.4 is 4.90 Å². The number of rotatable bonds is 3. The molecule has 4 nitrogen and oxygen atoms in total. The molecule has 1 atom stereocenters. The van der Waals surface area contributed by atoms with Crippen LogP contribution in [0.1, 0.15) is 18.2 Å². The summed E-state index contributed by atoms with van der Waals surface area (Å²) in [6.07, 6.45) is 5.95. The number of aromatic nitrogens is 2. The van der Waals surface area contributed by atoms with Gasteiger partial charge in [-0.05, 0) is 24.3 Å². The first kappa shape index (κ1) is 15.7. The van der Waals surface area contributed by atoms with Gasteiger partial charge in [-0.3, -0.25) is 4.79 Å². The molecule has 3 aromatic rings. The lowest BCUT2D eigenvalue weighted by molar-refractivity contribution is -0.117. The fourth-order valence-corrected chi connectivity index (χ4v) is 3.69. The number of carbonyl (C=O) groups is 1. The highest BCUT2D eigenvalue weighted by Gasteiger charge is 2.35. The third-order valence-electron chi connectivity index (χ3n) is 4.57. The number of hydrogen-bond acceptors (Lipinski definition) is 2. The predicted octanol–water partition coefficient (Wildman–Crippen LogP) is 3.84. The van der Waals surface area contributed by atoms with E-state index in [1.54, 1.807) is 11.0 Å². The Kier molecular flexibility index (Phi) is 3.95. The summed E-state index contributed by atoms with van der Waals surface area (Å²) < 4.78 is 2.03. The summed E-state index contributed by atoms with van der Waals surface area (Å²) in [5, 5.41) is 0.577. The zero-order valence-corrected chi connectivity index (χ0v) is 14.3. The number of nitrogens with zero attached hydrogens (tertiary/aromatic N) is 3. The molecule has 2 heterocycles. The Bertz CT molecular complexity index is 1000. The molecule has 1 aliphatic rings. The number of carbonyl (C=O) groups excluding carboxylic acids is 1. The summed E-state index contributed by atoms with van der Waals surface area (Å²) in [5.74, 6) is 3.60. The van der Waals surface area contributed by atoms with E-state index in [0.29, 0.717) is 24.5 Å². The van der Waals surface area contributed by atoms with Crippen molar-refractivity contribution >= 4 is 34.2 Å². The molecular weight excluding hydrogens is 334 g/mol. The molecule has 1 fully saturated rings. The Morgan fingerprint density at radius 3 is 2.76 bits per heavy atom. The number of amides is 1. The Morgan fingerprint density at radius 1 is 1.20 bits per heavy atom. The average molecular weight is 350 g/mol. The summed E-state index contributed by atoms with van der Waals surface area (Å²) >= 11 is 6.27. The van der Waals surface area contributed by atoms with Crippen molar-refractivity contribution in [2.45, 2.75) is 18.9 Å². The van der Waals surface area contributed by atoms with E-state index in [4.69, 9.17) is 23.0 Å². The van der Waals surface area contributed by atoms with E-state index in [9.17, 15) is 4.79 Å². The van der Waals surface area contributed by atoms with Gasteiger partial charge in [0.1, 0.15) is 5.82 Å². The van der Waals surface area contributed by atoms with Crippen molar-refractivity contribution in [3.05, 3.63) is 59.4 Å². The van der Waals surface area contributed by atoms with Gasteiger partial charge in [-0.1, -0.05) is 41.8 Å². The van der Waals surface area contributed by atoms with Gasteiger partial charge in [0, 0.05) is 18.9 Å². The standard InChI is InChI=1S/C20H16ClN3O/c1-2-11-23-18-10-6-4-8-16(18)22-20(23)14-12-19(25)24(13-14)17-9-5-3-7-15(17)21/h1,3-10,14H,11-13H2. The molecule has 1 saturated heterocycles. The Hall–Kier alpha value is -2.77. The minimum absolute atomic E-state index is 0.00970. The van der Waals surface area contributed by atoms with Crippen LogP contribution in [0, 0.1) is 12.3 Å². The molecule has 4 rings (SSSR count). The number of halogens is 1. The van der Waals surface area contributed by atoms with Crippen molar-refractivity contribution in [2.24, 2.45) is 0 Å². The molecule has 0 N–H and O–H groups in total. The first-order valence-corrected chi connectivity index (χ1v) is 8.50. The molecule has 1 unspecified atom stereocenters. The van der Waals surface area contributed by atoms with Crippen LogP contribution in [0.25, 0.3) is 11.0 Å². The molecule has 1 amide bonds. The van der Waals surface area contributed by atoms with Crippen molar-refractivity contribution in [2.75, 3.05) is 11.4 Å². The van der Waals surface area contributed by atoms with Gasteiger partial charge in [0.25, 0.3) is 0 Å². The van der Waals surface area contributed by atoms with Gasteiger partial charge in [-0.15, -0.1) is 6.42 Å². The van der Waals surface area contributed by atoms with Gasteiger partial charge in [0.2, 0.25) is 5.91 Å². The summed E-state index contributed by atoms with van der Waals surface area (Å²) in [5.41, 5.74) is 2.65. The zero-order chi connectivity index (χ0) is 17.4. The van der Waals surface area contributed by atoms with Crippen molar-refractivity contribution in [1.29, 1.82) is 0 Å². The van der Waals surface area contributed by atoms with Gasteiger partial charge in [0.05, 0.1) is 28.3 Å². The minimum Gasteiger partial charge on any atom is -0.316 e. The number of benzene rings is 2. The van der Waals surface area contributed by atoms with Crippen molar-refractivity contribution in [3.63, 3.8) is 0 Å². The van der Waals surface area contributed by atoms with Crippen molar-refractivity contribution < 1.29 is 4.79 Å². The number of para-hydroxylation sites is 3. The molecule has 0 bridgehead atoms. The van der Waals surface area contributed by atoms with Gasteiger partial charge in [-0.25, -0.2) is 4.98 Å². The second-order valence-electron chi connectivity index (χ2n) is 6.11. The average Bonchev–Trinajstić information content (AvgIpc) is 3.17. The van der Waals surface area contributed by atoms with Crippen LogP contribution in [0.2, 0.25) is 5.02 Å². The SMILES string of the molecule is C#CCn1c(C2CC(=O)N(c3ccccc3Cl)C2)nc2ccccc21. The Morgan fingerprint density at radius 2 is 1.96 bits per heavy atom. The molecule has 0 radical (unpaired) electrons. The molecule has 124 valence electrons. The van der Waals surface area contributed by atoms with E-state index in [1.165, 1.54) is 0 Å². The lowest BCUT2D eigenvalue weighted by atomic mass is 10.1. The molecule has 5 heteroatoms. The van der Waals surface area contributed by atoms with Crippen LogP contribution >= 0.6 is 11.6 Å². The maximum atomic E-state index is 12.6. The third kappa shape index (κ3) is 2.67. The van der Waals surface area contributed by atoms with Gasteiger partial charge in [-0.2, -0.15) is 0 Å². The smallest absolute Gasteiger partial charge is 0.227 e. The molecule has 1 aromatic heterocycles. The lowest BCUT2D eigenvalue weighted by Gasteiger charge is -2.18. The molecule has 0 saturated carbocycles. The van der Waals surface area contributed by atoms with E-state index in [2.05, 4.69) is 5.92 Å². The van der Waals surface area contributed by atoms with E-state index < -0.39 is 0 Å². The van der Waals surface area contributed by atoms with Crippen LogP contribution in [0.4, 0.5) is 5.69 Å². The highest BCUT2D eigenvalue weighted by Crippen LogP contribution is 2.35. The topological polar surface area (TPSA) is 38.1 Å². The highest BCUT2D eigenvalue weighted by atomic mass is 35.5. The normalized spacial score (nSPS) is 17.2.